The molecular weight excluding hydrogens is 497 g/mol. The maximum Gasteiger partial charge on any atom is 0.442 e. The van der Waals surface area contributed by atoms with E-state index in [-0.39, 0.29) is 22.9 Å². The molecule has 11 heteroatoms. The number of piperazine rings is 1. The zero-order valence-electron chi connectivity index (χ0n) is 21.2. The van der Waals surface area contributed by atoms with Crippen LogP contribution in [0.25, 0.3) is 0 Å². The first-order chi connectivity index (χ1) is 18.1. The Labute approximate surface area is 219 Å². The fourth-order valence-electron chi connectivity index (χ4n) is 5.03. The highest BCUT2D eigenvalue weighted by Crippen LogP contribution is 2.52. The number of rotatable bonds is 8. The van der Waals surface area contributed by atoms with E-state index in [9.17, 15) is 22.8 Å². The van der Waals surface area contributed by atoms with E-state index in [1.807, 2.05) is 24.3 Å². The molecule has 2 aliphatic heterocycles. The molecular formula is C27H31F3N6O2. The molecule has 0 atom stereocenters. The molecule has 0 bridgehead atoms. The molecule has 0 radical (unpaired) electrons. The molecule has 2 N–H and O–H groups in total. The van der Waals surface area contributed by atoms with E-state index in [4.69, 9.17) is 0 Å². The number of amides is 2. The van der Waals surface area contributed by atoms with Crippen molar-refractivity contribution < 1.29 is 22.8 Å². The van der Waals surface area contributed by atoms with Gasteiger partial charge in [-0.15, -0.1) is 10.2 Å². The van der Waals surface area contributed by atoms with E-state index in [1.54, 1.807) is 0 Å². The quantitative estimate of drug-likeness (QED) is 0.536. The Morgan fingerprint density at radius 2 is 1.53 bits per heavy atom. The molecule has 0 spiro atoms. The summed E-state index contributed by atoms with van der Waals surface area (Å²) in [5.41, 5.74) is -1.27. The first kappa shape index (κ1) is 26.3. The summed E-state index contributed by atoms with van der Waals surface area (Å²) in [6.45, 7) is 4.69. The highest BCUT2D eigenvalue weighted by atomic mass is 19.4. The fraction of sp³-hybridized carbons (Fsp3) is 0.481. The van der Waals surface area contributed by atoms with Crippen molar-refractivity contribution in [3.63, 3.8) is 0 Å². The number of hydrogen-bond acceptors (Lipinski definition) is 6. The van der Waals surface area contributed by atoms with Gasteiger partial charge in [-0.25, -0.2) is 0 Å². The largest absolute Gasteiger partial charge is 0.442 e. The molecule has 202 valence electrons. The number of hydrogen-bond donors (Lipinski definition) is 2. The van der Waals surface area contributed by atoms with Gasteiger partial charge in [0.25, 0.3) is 5.91 Å². The first-order valence-corrected chi connectivity index (χ1v) is 12.9. The van der Waals surface area contributed by atoms with Crippen LogP contribution < -0.4 is 10.6 Å². The van der Waals surface area contributed by atoms with Crippen molar-refractivity contribution in [2.24, 2.45) is 10.2 Å². The van der Waals surface area contributed by atoms with Crippen LogP contribution in [0.1, 0.15) is 47.2 Å². The number of likely N-dealkylation sites (N-methyl/N-ethyl adjacent to an activating group) is 1. The number of nitrogens with one attached hydrogen (secondary N) is 2. The van der Waals surface area contributed by atoms with Gasteiger partial charge < -0.3 is 20.4 Å². The number of halogens is 3. The van der Waals surface area contributed by atoms with Gasteiger partial charge in [-0.1, -0.05) is 24.3 Å². The Morgan fingerprint density at radius 3 is 2.05 bits per heavy atom. The van der Waals surface area contributed by atoms with Crippen molar-refractivity contribution in [2.45, 2.75) is 43.1 Å². The lowest BCUT2D eigenvalue weighted by Crippen LogP contribution is -2.50. The molecule has 2 aromatic rings. The summed E-state index contributed by atoms with van der Waals surface area (Å²) in [6, 6.07) is 12.7. The molecule has 2 fully saturated rings. The summed E-state index contributed by atoms with van der Waals surface area (Å²) in [7, 11) is 2.10. The second kappa shape index (κ2) is 10.1. The third-order valence-electron chi connectivity index (χ3n) is 7.78. The third-order valence-corrected chi connectivity index (χ3v) is 7.78. The van der Waals surface area contributed by atoms with Crippen LogP contribution in [-0.4, -0.2) is 67.6 Å². The molecule has 5 rings (SSSR count). The SMILES string of the molecule is CN1CCN(CCC(=O)Nc2ccc(C3(NC(=O)c4ccc(C5(C(F)(F)F)N=N5)cc4)CCC3)cc2)CC1. The molecule has 0 unspecified atom stereocenters. The highest BCUT2D eigenvalue weighted by Gasteiger charge is 2.65. The normalized spacial score (nSPS) is 20.4. The molecule has 1 aliphatic carbocycles. The van der Waals surface area contributed by atoms with Crippen LogP contribution in [0.2, 0.25) is 0 Å². The Bertz CT molecular complexity index is 1190. The number of carbonyl (C=O) groups excluding carboxylic acids is 2. The summed E-state index contributed by atoms with van der Waals surface area (Å²) in [6.07, 6.45) is -1.73. The molecule has 2 aromatic carbocycles. The zero-order chi connectivity index (χ0) is 27.0. The minimum Gasteiger partial charge on any atom is -0.343 e. The van der Waals surface area contributed by atoms with Crippen molar-refractivity contribution >= 4 is 17.5 Å². The van der Waals surface area contributed by atoms with E-state index < -0.39 is 17.4 Å². The van der Waals surface area contributed by atoms with Gasteiger partial charge in [0.05, 0.1) is 5.54 Å². The van der Waals surface area contributed by atoms with E-state index >= 15 is 0 Å². The van der Waals surface area contributed by atoms with Crippen LogP contribution in [-0.2, 0) is 16.0 Å². The maximum atomic E-state index is 13.2. The lowest BCUT2D eigenvalue weighted by molar-refractivity contribution is -0.166. The van der Waals surface area contributed by atoms with Crippen molar-refractivity contribution in [1.82, 2.24) is 15.1 Å². The molecule has 1 saturated heterocycles. The molecule has 0 aromatic heterocycles. The highest BCUT2D eigenvalue weighted by molar-refractivity contribution is 5.95. The number of nitrogens with zero attached hydrogens (tertiary/aromatic N) is 4. The second-order valence-corrected chi connectivity index (χ2v) is 10.4. The first-order valence-electron chi connectivity index (χ1n) is 12.9. The lowest BCUT2D eigenvalue weighted by atomic mass is 9.71. The van der Waals surface area contributed by atoms with Crippen molar-refractivity contribution in [2.75, 3.05) is 45.1 Å². The summed E-state index contributed by atoms with van der Waals surface area (Å²) in [5.74, 6) is -0.394. The van der Waals surface area contributed by atoms with Gasteiger partial charge in [0.2, 0.25) is 5.91 Å². The summed E-state index contributed by atoms with van der Waals surface area (Å²) >= 11 is 0. The van der Waals surface area contributed by atoms with Crippen LogP contribution in [0.15, 0.2) is 58.8 Å². The summed E-state index contributed by atoms with van der Waals surface area (Å²) in [4.78, 5) is 30.0. The predicted octanol–water partition coefficient (Wildman–Crippen LogP) is 4.25. The van der Waals surface area contributed by atoms with Gasteiger partial charge >= 0.3 is 11.8 Å². The summed E-state index contributed by atoms with van der Waals surface area (Å²) < 4.78 is 39.7. The minimum atomic E-state index is -4.61. The molecule has 38 heavy (non-hydrogen) atoms. The molecule has 8 nitrogen and oxygen atoms in total. The Kier molecular flexibility index (Phi) is 6.99. The van der Waals surface area contributed by atoms with E-state index in [1.165, 1.54) is 24.3 Å². The molecule has 2 heterocycles. The monoisotopic (exact) mass is 528 g/mol. The van der Waals surface area contributed by atoms with Crippen molar-refractivity contribution in [3.05, 3.63) is 65.2 Å². The third kappa shape index (κ3) is 5.30. The Hall–Kier alpha value is -3.31. The van der Waals surface area contributed by atoms with E-state index in [0.717, 1.165) is 57.5 Å². The standard InChI is InChI=1S/C27H31F3N6O2/c1-35-15-17-36(18-16-35)14-11-23(37)31-22-9-7-20(8-10-22)25(12-2-13-25)32-24(38)19-3-5-21(6-4-19)26(33-34-26)27(28,29)30/h3-10H,2,11-18H2,1H3,(H,31,37)(H,32,38). The minimum absolute atomic E-state index is 0.0362. The molecule has 1 saturated carbocycles. The van der Waals surface area contributed by atoms with E-state index in [0.29, 0.717) is 12.1 Å². The number of anilines is 1. The Morgan fingerprint density at radius 1 is 0.921 bits per heavy atom. The van der Waals surface area contributed by atoms with Gasteiger partial charge in [-0.05, 0) is 56.1 Å². The van der Waals surface area contributed by atoms with Gasteiger partial charge in [-0.3, -0.25) is 9.59 Å². The van der Waals surface area contributed by atoms with Gasteiger partial charge in [0, 0.05) is 56.0 Å². The Balaban J connectivity index is 1.17. The van der Waals surface area contributed by atoms with Crippen LogP contribution in [0.4, 0.5) is 18.9 Å². The number of benzene rings is 2. The van der Waals surface area contributed by atoms with Crippen LogP contribution in [0, 0.1) is 0 Å². The fourth-order valence-corrected chi connectivity index (χ4v) is 5.03. The van der Waals surface area contributed by atoms with Crippen LogP contribution >= 0.6 is 0 Å². The van der Waals surface area contributed by atoms with Crippen LogP contribution in [0.3, 0.4) is 0 Å². The predicted molar refractivity (Wildman–Crippen MR) is 136 cm³/mol. The van der Waals surface area contributed by atoms with Gasteiger partial charge in [0.1, 0.15) is 0 Å². The summed E-state index contributed by atoms with van der Waals surface area (Å²) in [5, 5.41) is 12.4. The second-order valence-electron chi connectivity index (χ2n) is 10.4. The molecule has 3 aliphatic rings. The van der Waals surface area contributed by atoms with Crippen molar-refractivity contribution in [3.8, 4) is 0 Å². The van der Waals surface area contributed by atoms with Crippen LogP contribution in [0.5, 0.6) is 0 Å². The average Bonchev–Trinajstić information content (AvgIpc) is 3.69. The van der Waals surface area contributed by atoms with Crippen molar-refractivity contribution in [1.29, 1.82) is 0 Å². The number of alkyl halides is 3. The van der Waals surface area contributed by atoms with Gasteiger partial charge in [-0.2, -0.15) is 13.2 Å². The maximum absolute atomic E-state index is 13.2. The van der Waals surface area contributed by atoms with E-state index in [2.05, 4.69) is 37.7 Å². The zero-order valence-corrected chi connectivity index (χ0v) is 21.2. The average molecular weight is 529 g/mol. The van der Waals surface area contributed by atoms with Gasteiger partial charge in [0.15, 0.2) is 0 Å². The lowest BCUT2D eigenvalue weighted by Gasteiger charge is -2.43. The molecule has 2 amide bonds. The topological polar surface area (TPSA) is 89.4 Å². The smallest absolute Gasteiger partial charge is 0.343 e. The number of carbonyl (C=O) groups is 2.